The van der Waals surface area contributed by atoms with Gasteiger partial charge in [-0.2, -0.15) is 5.26 Å². The highest BCUT2D eigenvalue weighted by Gasteiger charge is 2.29. The van der Waals surface area contributed by atoms with Crippen molar-refractivity contribution in [3.05, 3.63) is 41.5 Å². The van der Waals surface area contributed by atoms with Crippen LogP contribution >= 0.6 is 0 Å². The number of carbonyl (C=O) groups excluding carboxylic acids is 1. The van der Waals surface area contributed by atoms with Gasteiger partial charge in [0.25, 0.3) is 0 Å². The zero-order chi connectivity index (χ0) is 14.5. The van der Waals surface area contributed by atoms with E-state index in [0.717, 1.165) is 18.4 Å². The molecule has 2 rings (SSSR count). The van der Waals surface area contributed by atoms with Gasteiger partial charge < -0.3 is 4.90 Å². The largest absolute Gasteiger partial charge is 0.334 e. The second kappa shape index (κ2) is 6.38. The molecule has 3 nitrogen and oxygen atoms in total. The number of amides is 1. The number of hydrogen-bond acceptors (Lipinski definition) is 2. The monoisotopic (exact) mass is 268 g/mol. The molecule has 1 aromatic carbocycles. The van der Waals surface area contributed by atoms with E-state index in [9.17, 15) is 4.79 Å². The van der Waals surface area contributed by atoms with Crippen LogP contribution in [0.3, 0.4) is 0 Å². The molecule has 3 heteroatoms. The van der Waals surface area contributed by atoms with Crippen molar-refractivity contribution in [1.29, 1.82) is 5.26 Å². The van der Waals surface area contributed by atoms with Crippen molar-refractivity contribution < 1.29 is 4.79 Å². The predicted octanol–water partition coefficient (Wildman–Crippen LogP) is 3.36. The number of nitrogens with zero attached hydrogens (tertiary/aromatic N) is 2. The van der Waals surface area contributed by atoms with Crippen LogP contribution in [0.2, 0.25) is 0 Å². The third kappa shape index (κ3) is 3.08. The van der Waals surface area contributed by atoms with Crippen molar-refractivity contribution in [2.24, 2.45) is 0 Å². The first-order valence-electron chi connectivity index (χ1n) is 7.13. The van der Waals surface area contributed by atoms with E-state index < -0.39 is 0 Å². The Balaban J connectivity index is 2.13. The molecule has 0 saturated heterocycles. The summed E-state index contributed by atoms with van der Waals surface area (Å²) in [4.78, 5) is 14.3. The van der Waals surface area contributed by atoms with Gasteiger partial charge in [0.2, 0.25) is 5.91 Å². The number of benzene rings is 1. The molecule has 0 heterocycles. The highest BCUT2D eigenvalue weighted by atomic mass is 16.2. The Kier molecular flexibility index (Phi) is 4.57. The lowest BCUT2D eigenvalue weighted by Crippen LogP contribution is -2.47. The molecule has 1 aromatic rings. The van der Waals surface area contributed by atoms with E-state index in [-0.39, 0.29) is 11.9 Å². The van der Waals surface area contributed by atoms with Crippen LogP contribution in [0, 0.1) is 11.3 Å². The zero-order valence-corrected chi connectivity index (χ0v) is 12.0. The first kappa shape index (κ1) is 14.3. The van der Waals surface area contributed by atoms with Crippen molar-refractivity contribution in [2.45, 2.75) is 45.2 Å². The number of carbonyl (C=O) groups is 1. The Bertz CT molecular complexity index is 550. The molecule has 20 heavy (non-hydrogen) atoms. The van der Waals surface area contributed by atoms with E-state index in [0.29, 0.717) is 11.6 Å². The molecule has 1 aliphatic rings. The van der Waals surface area contributed by atoms with E-state index >= 15 is 0 Å². The Morgan fingerprint density at radius 1 is 1.40 bits per heavy atom. The molecule has 1 saturated carbocycles. The summed E-state index contributed by atoms with van der Waals surface area (Å²) in [6, 6.07) is 10.1. The fraction of sp³-hybridized carbons (Fsp3) is 0.412. The number of rotatable bonds is 4. The minimum absolute atomic E-state index is 0.0393. The molecule has 0 aliphatic heterocycles. The first-order valence-corrected chi connectivity index (χ1v) is 7.13. The van der Waals surface area contributed by atoms with Crippen LogP contribution < -0.4 is 0 Å². The fourth-order valence-corrected chi connectivity index (χ4v) is 2.51. The maximum Gasteiger partial charge on any atom is 0.247 e. The summed E-state index contributed by atoms with van der Waals surface area (Å²) in [5.74, 6) is 0.0393. The third-order valence-corrected chi connectivity index (χ3v) is 3.77. The summed E-state index contributed by atoms with van der Waals surface area (Å²) in [7, 11) is 0. The summed E-state index contributed by atoms with van der Waals surface area (Å²) < 4.78 is 0. The molecule has 0 aromatic heterocycles. The molecule has 0 N–H and O–H groups in total. The normalized spacial score (nSPS) is 15.1. The summed E-state index contributed by atoms with van der Waals surface area (Å²) in [5.41, 5.74) is 1.39. The summed E-state index contributed by atoms with van der Waals surface area (Å²) in [5, 5.41) is 9.04. The second-order valence-corrected chi connectivity index (χ2v) is 5.46. The lowest BCUT2D eigenvalue weighted by molar-refractivity contribution is -0.131. The van der Waals surface area contributed by atoms with Gasteiger partial charge in [-0.25, -0.2) is 0 Å². The van der Waals surface area contributed by atoms with Gasteiger partial charge in [-0.3, -0.25) is 4.79 Å². The van der Waals surface area contributed by atoms with E-state index in [1.165, 1.54) is 6.42 Å². The quantitative estimate of drug-likeness (QED) is 0.786. The predicted molar refractivity (Wildman–Crippen MR) is 79.8 cm³/mol. The third-order valence-electron chi connectivity index (χ3n) is 3.77. The van der Waals surface area contributed by atoms with Crippen LogP contribution in [-0.4, -0.2) is 22.9 Å². The van der Waals surface area contributed by atoms with Gasteiger partial charge in [0.05, 0.1) is 11.6 Å². The van der Waals surface area contributed by atoms with Crippen molar-refractivity contribution in [3.8, 4) is 6.07 Å². The van der Waals surface area contributed by atoms with Crippen molar-refractivity contribution >= 4 is 12.0 Å². The van der Waals surface area contributed by atoms with Gasteiger partial charge in [0.1, 0.15) is 0 Å². The average molecular weight is 268 g/mol. The van der Waals surface area contributed by atoms with Crippen LogP contribution in [0.25, 0.3) is 6.08 Å². The summed E-state index contributed by atoms with van der Waals surface area (Å²) >= 11 is 0. The van der Waals surface area contributed by atoms with Gasteiger partial charge in [0.15, 0.2) is 0 Å². The van der Waals surface area contributed by atoms with Gasteiger partial charge in [-0.1, -0.05) is 18.2 Å². The molecule has 104 valence electrons. The van der Waals surface area contributed by atoms with Gasteiger partial charge >= 0.3 is 0 Å². The standard InChI is InChI=1S/C17H20N2O/c1-13(2)19(16-8-5-9-16)17(20)11-10-14-6-3-4-7-15(14)12-18/h3-4,6-7,10-11,13,16H,5,8-9H2,1-2H3/b11-10-. The number of hydrogen-bond donors (Lipinski definition) is 0. The minimum Gasteiger partial charge on any atom is -0.334 e. The van der Waals surface area contributed by atoms with Crippen LogP contribution in [-0.2, 0) is 4.79 Å². The lowest BCUT2D eigenvalue weighted by atomic mass is 9.90. The Hall–Kier alpha value is -2.08. The van der Waals surface area contributed by atoms with E-state index in [1.54, 1.807) is 18.2 Å². The van der Waals surface area contributed by atoms with Crippen LogP contribution in [0.4, 0.5) is 0 Å². The molecule has 0 radical (unpaired) electrons. The maximum atomic E-state index is 12.3. The molecule has 1 aliphatic carbocycles. The maximum absolute atomic E-state index is 12.3. The fourth-order valence-electron chi connectivity index (χ4n) is 2.51. The average Bonchev–Trinajstić information content (AvgIpc) is 2.39. The van der Waals surface area contributed by atoms with Crippen molar-refractivity contribution in [2.75, 3.05) is 0 Å². The van der Waals surface area contributed by atoms with Crippen molar-refractivity contribution in [3.63, 3.8) is 0 Å². The van der Waals surface area contributed by atoms with Gasteiger partial charge in [-0.05, 0) is 50.8 Å². The summed E-state index contributed by atoms with van der Waals surface area (Å²) in [6.07, 6.45) is 6.75. The van der Waals surface area contributed by atoms with E-state index in [4.69, 9.17) is 5.26 Å². The molecular formula is C17H20N2O. The molecule has 0 bridgehead atoms. The highest BCUT2D eigenvalue weighted by molar-refractivity contribution is 5.92. The Morgan fingerprint density at radius 2 is 2.10 bits per heavy atom. The number of nitriles is 1. The highest BCUT2D eigenvalue weighted by Crippen LogP contribution is 2.26. The molecule has 0 spiro atoms. The Morgan fingerprint density at radius 3 is 2.65 bits per heavy atom. The van der Waals surface area contributed by atoms with Crippen LogP contribution in [0.15, 0.2) is 30.3 Å². The molecule has 0 unspecified atom stereocenters. The zero-order valence-electron chi connectivity index (χ0n) is 12.0. The molecule has 0 atom stereocenters. The minimum atomic E-state index is 0.0393. The summed E-state index contributed by atoms with van der Waals surface area (Å²) in [6.45, 7) is 4.10. The van der Waals surface area contributed by atoms with Crippen LogP contribution in [0.1, 0.15) is 44.2 Å². The smallest absolute Gasteiger partial charge is 0.247 e. The molecule has 1 fully saturated rings. The topological polar surface area (TPSA) is 44.1 Å². The van der Waals surface area contributed by atoms with E-state index in [1.807, 2.05) is 36.9 Å². The van der Waals surface area contributed by atoms with E-state index in [2.05, 4.69) is 6.07 Å². The van der Waals surface area contributed by atoms with Crippen molar-refractivity contribution in [1.82, 2.24) is 4.90 Å². The van der Waals surface area contributed by atoms with Gasteiger partial charge in [0, 0.05) is 18.2 Å². The van der Waals surface area contributed by atoms with Gasteiger partial charge in [-0.15, -0.1) is 0 Å². The first-order chi connectivity index (χ1) is 9.63. The Labute approximate surface area is 120 Å². The SMILES string of the molecule is CC(C)N(C(=O)/C=C\c1ccccc1C#N)C1CCC1. The van der Waals surface area contributed by atoms with Crippen LogP contribution in [0.5, 0.6) is 0 Å². The second-order valence-electron chi connectivity index (χ2n) is 5.46. The lowest BCUT2D eigenvalue weighted by Gasteiger charge is -2.39. The molecule has 1 amide bonds. The molecular weight excluding hydrogens is 248 g/mol.